The van der Waals surface area contributed by atoms with Crippen LogP contribution in [-0.2, 0) is 21.7 Å². The van der Waals surface area contributed by atoms with E-state index >= 15 is 0 Å². The molecule has 0 radical (unpaired) electrons. The highest BCUT2D eigenvalue weighted by molar-refractivity contribution is 6.42. The summed E-state index contributed by atoms with van der Waals surface area (Å²) in [6.07, 6.45) is 4.31. The van der Waals surface area contributed by atoms with Crippen molar-refractivity contribution in [3.8, 4) is 5.69 Å². The predicted octanol–water partition coefficient (Wildman–Crippen LogP) is 34.3. The van der Waals surface area contributed by atoms with Crippen LogP contribution in [0.1, 0.15) is 237 Å². The number of hydrogen-bond acceptors (Lipinski definition) is 9. The highest BCUT2D eigenvalue weighted by Crippen LogP contribution is 2.53. The number of hydrogen-bond donors (Lipinski definition) is 0. The number of pyridine rings is 1. The summed E-state index contributed by atoms with van der Waals surface area (Å²) < 4.78 is 20.5. The summed E-state index contributed by atoms with van der Waals surface area (Å²) in [5, 5.41) is 22.1. The van der Waals surface area contributed by atoms with Gasteiger partial charge in [0.25, 0.3) is 11.1 Å². The number of fused-ring (bicyclic) bond motifs is 8. The molecular weight excluding hydrogens is 1640 g/mol. The fourth-order valence-corrected chi connectivity index (χ4v) is 24.5. The SMILES string of the molecule is CC(C)(C)CC(C)(C)c1ccc(N(c2ccc(C(C)(C)CC(C)(C)C)cc2)c2ccc3c(c2)oc2ccc4c5ccc6c(=O)oc(=O)c7ccc(c8ccc3c2c48)c5c67)cc1.CC(C)c1cccc(C(C)C)c1-n1c(=O)c2ccc3c4ccc5oc6cc(N(c7ccc(C(C)(C)CC(C)(C)C)cc7)c7ccc(C(C)(C)CC(C)(C)C)cc7)ccc6c6ccc(c7ccc(c1=O)c2c37)c4c56. The number of rotatable bonds is 17. The molecule has 4 aromatic heterocycles. The van der Waals surface area contributed by atoms with Crippen LogP contribution in [0.3, 0.4) is 0 Å². The molecule has 21 aromatic rings. The summed E-state index contributed by atoms with van der Waals surface area (Å²) in [6.45, 7) is 55.1. The Balaban J connectivity index is 0.000000169. The molecule has 134 heavy (non-hydrogen) atoms. The van der Waals surface area contributed by atoms with E-state index in [4.69, 9.17) is 13.3 Å². The molecule has 0 aliphatic rings. The van der Waals surface area contributed by atoms with Crippen LogP contribution in [0, 0.1) is 21.7 Å². The highest BCUT2D eigenvalue weighted by Gasteiger charge is 2.35. The Morgan fingerprint density at radius 3 is 0.739 bits per heavy atom. The van der Waals surface area contributed by atoms with Gasteiger partial charge in [-0.25, -0.2) is 14.2 Å². The Bertz CT molecular complexity index is 8210. The second-order valence-electron chi connectivity index (χ2n) is 46.8. The Morgan fingerprint density at radius 2 is 0.463 bits per heavy atom. The third-order valence-electron chi connectivity index (χ3n) is 28.8. The second-order valence-corrected chi connectivity index (χ2v) is 46.8. The molecule has 0 bridgehead atoms. The molecule has 0 spiro atoms. The lowest BCUT2D eigenvalue weighted by Crippen LogP contribution is -2.33. The van der Waals surface area contributed by atoms with Crippen molar-refractivity contribution in [3.63, 3.8) is 0 Å². The lowest BCUT2D eigenvalue weighted by atomic mass is 9.72. The predicted molar refractivity (Wildman–Crippen MR) is 570 cm³/mol. The van der Waals surface area contributed by atoms with Gasteiger partial charge in [-0.1, -0.05) is 281 Å². The summed E-state index contributed by atoms with van der Waals surface area (Å²) >= 11 is 0. The van der Waals surface area contributed by atoms with Crippen molar-refractivity contribution in [1.29, 1.82) is 0 Å². The largest absolute Gasteiger partial charge is 0.456 e. The van der Waals surface area contributed by atoms with Crippen molar-refractivity contribution in [2.24, 2.45) is 21.7 Å². The van der Waals surface area contributed by atoms with Crippen molar-refractivity contribution in [2.75, 3.05) is 9.80 Å². The van der Waals surface area contributed by atoms with Gasteiger partial charge < -0.3 is 23.1 Å². The molecule has 676 valence electrons. The second kappa shape index (κ2) is 31.2. The molecule has 0 unspecified atom stereocenters. The number of benzene rings is 17. The molecule has 0 amide bonds. The number of anilines is 6. The van der Waals surface area contributed by atoms with Crippen molar-refractivity contribution in [1.82, 2.24) is 4.57 Å². The summed E-state index contributed by atoms with van der Waals surface area (Å²) in [5.74, 6) is 0.243. The molecule has 4 heterocycles. The van der Waals surface area contributed by atoms with Crippen molar-refractivity contribution >= 4 is 186 Å². The van der Waals surface area contributed by atoms with Gasteiger partial charge in [-0.05, 0) is 300 Å². The summed E-state index contributed by atoms with van der Waals surface area (Å²) in [4.78, 5) is 60.1. The lowest BCUT2D eigenvalue weighted by Gasteiger charge is -2.34. The summed E-state index contributed by atoms with van der Waals surface area (Å²) in [7, 11) is 0. The van der Waals surface area contributed by atoms with E-state index in [-0.39, 0.29) is 66.3 Å². The lowest BCUT2D eigenvalue weighted by molar-refractivity contribution is 0.283. The van der Waals surface area contributed by atoms with E-state index in [0.717, 1.165) is 201 Å². The van der Waals surface area contributed by atoms with E-state index in [1.54, 1.807) is 12.1 Å². The minimum atomic E-state index is -0.602. The Labute approximate surface area is 784 Å². The van der Waals surface area contributed by atoms with Gasteiger partial charge in [0.15, 0.2) is 0 Å². The molecule has 0 N–H and O–H groups in total. The zero-order valence-corrected chi connectivity index (χ0v) is 82.4. The van der Waals surface area contributed by atoms with E-state index in [9.17, 15) is 19.2 Å². The quantitative estimate of drug-likeness (QED) is 0.0648. The summed E-state index contributed by atoms with van der Waals surface area (Å²) in [6, 6.07) is 88.9. The summed E-state index contributed by atoms with van der Waals surface area (Å²) in [5.41, 5.74) is 16.8. The third kappa shape index (κ3) is 15.1. The first kappa shape index (κ1) is 88.7. The van der Waals surface area contributed by atoms with Crippen LogP contribution < -0.4 is 32.2 Å². The van der Waals surface area contributed by atoms with Crippen molar-refractivity contribution in [3.05, 3.63) is 324 Å². The Morgan fingerprint density at radius 1 is 0.239 bits per heavy atom. The van der Waals surface area contributed by atoms with Crippen molar-refractivity contribution < 1.29 is 13.3 Å². The maximum absolute atomic E-state index is 14.9. The third-order valence-corrected chi connectivity index (χ3v) is 28.8. The molecule has 0 saturated carbocycles. The number of nitrogens with zero attached hydrogens (tertiary/aromatic N) is 3. The first-order valence-electron chi connectivity index (χ1n) is 48.1. The molecule has 17 aromatic carbocycles. The van der Waals surface area contributed by atoms with Crippen molar-refractivity contribution in [2.45, 2.75) is 225 Å². The molecule has 0 fully saturated rings. The molecule has 0 aliphatic carbocycles. The molecule has 0 saturated heterocycles. The number of aromatic nitrogens is 1. The van der Waals surface area contributed by atoms with Crippen LogP contribution in [0.25, 0.3) is 157 Å². The monoisotopic (exact) mass is 1770 g/mol. The van der Waals surface area contributed by atoms with Crippen LogP contribution in [0.2, 0.25) is 0 Å². The zero-order chi connectivity index (χ0) is 94.8. The Hall–Kier alpha value is -13.2. The first-order valence-corrected chi connectivity index (χ1v) is 48.1. The smallest absolute Gasteiger partial charge is 0.346 e. The maximum Gasteiger partial charge on any atom is 0.346 e. The minimum Gasteiger partial charge on any atom is -0.456 e. The van der Waals surface area contributed by atoms with E-state index in [1.807, 2.05) is 30.3 Å². The van der Waals surface area contributed by atoms with Gasteiger partial charge in [-0.2, -0.15) is 0 Å². The van der Waals surface area contributed by atoms with E-state index in [0.29, 0.717) is 26.9 Å². The van der Waals surface area contributed by atoms with Gasteiger partial charge in [0.2, 0.25) is 0 Å². The normalized spacial score (nSPS) is 13.3. The van der Waals surface area contributed by atoms with Gasteiger partial charge >= 0.3 is 11.3 Å². The van der Waals surface area contributed by atoms with Gasteiger partial charge in [0.1, 0.15) is 22.3 Å². The van der Waals surface area contributed by atoms with E-state index < -0.39 is 11.3 Å². The topological polar surface area (TPSA) is 119 Å². The van der Waals surface area contributed by atoms with Crippen LogP contribution in [0.4, 0.5) is 34.1 Å². The standard InChI is InChI=1S/C68H70N2O3.C56H53NO4/c1-39(2)46-16-15-17-47(40(3)4)62(46)70-63(71)54-32-30-50-52-29-28-49-48-27-26-45(36-57(48)73-56-35-34-53(59(52)61(49)56)51-31-33-55(64(70)72)60(54)58(50)51)69(43-22-18-41(19-23-43)67(11,12)37-65(5,6)7)44-24-20-42(21-25-44)68(13,14)38-66(8,9)10;1-53(2,3)30-55(7,8)32-11-15-34(16-12-32)57(35-17-13-33(14-18-35)56(9,10)31-54(4,5)6)36-19-20-37-38-21-22-41-39-23-25-43-49-44(52(59)61-51(43)58)26-24-40(47(39)49)42-27-28-45(50(38)48(41)42)60-46(37)29-36/h15-36,39-40H,37-38H2,1-14H3;11-29H,30-31H2,1-10H3. The molecule has 0 aliphatic heterocycles. The van der Waals surface area contributed by atoms with Gasteiger partial charge in [0.05, 0.1) is 16.5 Å². The van der Waals surface area contributed by atoms with Crippen LogP contribution in [0.5, 0.6) is 0 Å². The molecule has 0 atom stereocenters. The first-order chi connectivity index (χ1) is 63.2. The van der Waals surface area contributed by atoms with Gasteiger partial charge in [-0.3, -0.25) is 9.59 Å². The van der Waals surface area contributed by atoms with Crippen LogP contribution >= 0.6 is 0 Å². The molecular formula is C124H123N3O7. The fraction of sp³-hybridized carbons (Fsp3) is 0.306. The number of para-hydroxylation sites is 1. The fourth-order valence-electron chi connectivity index (χ4n) is 24.5. The Kier molecular flexibility index (Phi) is 20.7. The molecule has 10 heteroatoms. The molecule has 21 rings (SSSR count). The zero-order valence-electron chi connectivity index (χ0n) is 82.4. The van der Waals surface area contributed by atoms with Crippen LogP contribution in [0.15, 0.2) is 281 Å². The minimum absolute atomic E-state index is 0.0171. The maximum atomic E-state index is 14.9. The van der Waals surface area contributed by atoms with Crippen LogP contribution in [-0.4, -0.2) is 4.57 Å². The van der Waals surface area contributed by atoms with Gasteiger partial charge in [-0.15, -0.1) is 0 Å². The van der Waals surface area contributed by atoms with Gasteiger partial charge in [0, 0.05) is 100 Å². The highest BCUT2D eigenvalue weighted by atomic mass is 16.4. The average molecular weight is 1770 g/mol. The van der Waals surface area contributed by atoms with E-state index in [1.165, 1.54) is 26.8 Å². The molecule has 10 nitrogen and oxygen atoms in total. The van der Waals surface area contributed by atoms with E-state index in [2.05, 4.69) is 382 Å². The average Bonchev–Trinajstić information content (AvgIpc) is 0.692.